The molecule has 0 saturated carbocycles. The van der Waals surface area contributed by atoms with Crippen LogP contribution in [0.5, 0.6) is 11.6 Å². The van der Waals surface area contributed by atoms with Crippen LogP contribution < -0.4 is 10.1 Å². The third kappa shape index (κ3) is 4.68. The lowest BCUT2D eigenvalue weighted by Crippen LogP contribution is -2.12. The van der Waals surface area contributed by atoms with E-state index in [4.69, 9.17) is 16.3 Å². The van der Waals surface area contributed by atoms with Gasteiger partial charge >= 0.3 is 0 Å². The number of carbonyl (C=O) groups is 1. The molecule has 0 unspecified atom stereocenters. The molecular formula is C21H14ClN5O4. The van der Waals surface area contributed by atoms with Crippen LogP contribution in [-0.4, -0.2) is 25.4 Å². The molecule has 154 valence electrons. The quantitative estimate of drug-likeness (QED) is 0.341. The number of aromatic nitrogens is 3. The average Bonchev–Trinajstić information content (AvgIpc) is 3.30. The van der Waals surface area contributed by atoms with Crippen molar-refractivity contribution >= 4 is 28.9 Å². The van der Waals surface area contributed by atoms with Crippen molar-refractivity contribution in [2.24, 2.45) is 0 Å². The number of carbonyl (C=O) groups excluding carboxylic acids is 1. The molecule has 1 amide bonds. The maximum absolute atomic E-state index is 12.4. The topological polar surface area (TPSA) is 112 Å². The Morgan fingerprint density at radius 2 is 1.81 bits per heavy atom. The van der Waals surface area contributed by atoms with Gasteiger partial charge in [-0.2, -0.15) is 0 Å². The Labute approximate surface area is 181 Å². The number of ether oxygens (including phenoxy) is 1. The van der Waals surface area contributed by atoms with E-state index < -0.39 is 10.8 Å². The van der Waals surface area contributed by atoms with Gasteiger partial charge in [-0.05, 0) is 42.5 Å². The Hall–Kier alpha value is -4.24. The summed E-state index contributed by atoms with van der Waals surface area (Å²) in [7, 11) is 0. The number of rotatable bonds is 6. The number of nitro benzene ring substituents is 1. The summed E-state index contributed by atoms with van der Waals surface area (Å²) in [6.45, 7) is 0. The highest BCUT2D eigenvalue weighted by Gasteiger charge is 2.15. The van der Waals surface area contributed by atoms with Gasteiger partial charge in [0.25, 0.3) is 11.6 Å². The second-order valence-electron chi connectivity index (χ2n) is 6.31. The molecule has 0 radical (unpaired) electrons. The summed E-state index contributed by atoms with van der Waals surface area (Å²) in [4.78, 5) is 30.9. The van der Waals surface area contributed by atoms with Gasteiger partial charge in [0, 0.05) is 36.3 Å². The number of nitro groups is 1. The molecule has 2 aromatic carbocycles. The summed E-state index contributed by atoms with van der Waals surface area (Å²) in [5, 5.41) is 13.5. The summed E-state index contributed by atoms with van der Waals surface area (Å²) in [6, 6.07) is 15.8. The molecule has 0 saturated heterocycles. The largest absolute Gasteiger partial charge is 0.439 e. The highest BCUT2D eigenvalue weighted by molar-refractivity contribution is 6.34. The molecule has 4 rings (SSSR count). The van der Waals surface area contributed by atoms with Gasteiger partial charge in [-0.15, -0.1) is 0 Å². The second kappa shape index (κ2) is 8.64. The van der Waals surface area contributed by atoms with Gasteiger partial charge in [0.1, 0.15) is 17.9 Å². The van der Waals surface area contributed by atoms with Crippen LogP contribution in [0.25, 0.3) is 5.82 Å². The molecule has 0 bridgehead atoms. The van der Waals surface area contributed by atoms with Gasteiger partial charge in [-0.25, -0.2) is 9.97 Å². The molecule has 0 atom stereocenters. The molecule has 10 heteroatoms. The van der Waals surface area contributed by atoms with Crippen LogP contribution in [0, 0.1) is 10.1 Å². The zero-order valence-electron chi connectivity index (χ0n) is 15.8. The molecule has 0 aliphatic carbocycles. The fraction of sp³-hybridized carbons (Fsp3) is 0. The number of hydrogen-bond acceptors (Lipinski definition) is 6. The minimum atomic E-state index is -0.578. The Morgan fingerprint density at radius 3 is 2.48 bits per heavy atom. The molecule has 0 aliphatic rings. The Kier molecular flexibility index (Phi) is 5.59. The first-order valence-corrected chi connectivity index (χ1v) is 9.36. The smallest absolute Gasteiger partial charge is 0.270 e. The second-order valence-corrected chi connectivity index (χ2v) is 6.71. The fourth-order valence-electron chi connectivity index (χ4n) is 2.74. The number of non-ortho nitro benzene ring substituents is 1. The Morgan fingerprint density at radius 1 is 1.06 bits per heavy atom. The number of anilines is 1. The minimum absolute atomic E-state index is 0.00564. The lowest BCUT2D eigenvalue weighted by Gasteiger charge is -2.09. The van der Waals surface area contributed by atoms with Gasteiger partial charge in [0.2, 0.25) is 5.88 Å². The first-order valence-electron chi connectivity index (χ1n) is 8.98. The molecule has 2 aromatic heterocycles. The van der Waals surface area contributed by atoms with Crippen LogP contribution in [0.3, 0.4) is 0 Å². The highest BCUT2D eigenvalue weighted by atomic mass is 35.5. The van der Waals surface area contributed by atoms with E-state index in [2.05, 4.69) is 15.3 Å². The number of hydrogen-bond donors (Lipinski definition) is 1. The maximum Gasteiger partial charge on any atom is 0.270 e. The van der Waals surface area contributed by atoms with E-state index in [1.54, 1.807) is 30.3 Å². The van der Waals surface area contributed by atoms with Gasteiger partial charge in [-0.3, -0.25) is 14.9 Å². The van der Waals surface area contributed by atoms with E-state index >= 15 is 0 Å². The zero-order valence-corrected chi connectivity index (χ0v) is 16.6. The van der Waals surface area contributed by atoms with Gasteiger partial charge in [0.05, 0.1) is 15.5 Å². The van der Waals surface area contributed by atoms with Crippen LogP contribution in [0.4, 0.5) is 11.4 Å². The summed E-state index contributed by atoms with van der Waals surface area (Å²) < 4.78 is 7.58. The van der Waals surface area contributed by atoms with Gasteiger partial charge < -0.3 is 14.6 Å². The summed E-state index contributed by atoms with van der Waals surface area (Å²) in [6.07, 6.45) is 5.13. The molecule has 2 heterocycles. The van der Waals surface area contributed by atoms with Gasteiger partial charge in [0.15, 0.2) is 0 Å². The summed E-state index contributed by atoms with van der Waals surface area (Å²) in [5.74, 6) is 1.07. The van der Waals surface area contributed by atoms with Crippen LogP contribution in [0.15, 0.2) is 79.4 Å². The summed E-state index contributed by atoms with van der Waals surface area (Å²) >= 11 is 6.00. The Balaban J connectivity index is 1.43. The molecule has 9 nitrogen and oxygen atoms in total. The van der Waals surface area contributed by atoms with Crippen molar-refractivity contribution in [3.05, 3.63) is 100 Å². The van der Waals surface area contributed by atoms with Crippen molar-refractivity contribution in [2.75, 3.05) is 5.32 Å². The first kappa shape index (κ1) is 20.0. The van der Waals surface area contributed by atoms with Crippen LogP contribution >= 0.6 is 11.6 Å². The molecule has 0 spiro atoms. The van der Waals surface area contributed by atoms with E-state index in [-0.39, 0.29) is 16.3 Å². The fourth-order valence-corrected chi connectivity index (χ4v) is 3.00. The SMILES string of the molecule is O=C(Nc1ccc(Oc2cc(-n3cccc3)ncn2)cc1)c1ccc([N+](=O)[O-])cc1Cl. The van der Waals surface area contributed by atoms with Crippen LogP contribution in [-0.2, 0) is 0 Å². The number of benzene rings is 2. The maximum atomic E-state index is 12.4. The van der Waals surface area contributed by atoms with E-state index in [1.807, 2.05) is 29.1 Å². The third-order valence-electron chi connectivity index (χ3n) is 4.24. The molecule has 0 aliphatic heterocycles. The number of nitrogens with zero attached hydrogens (tertiary/aromatic N) is 4. The van der Waals surface area contributed by atoms with E-state index in [1.165, 1.54) is 18.5 Å². The monoisotopic (exact) mass is 435 g/mol. The molecule has 0 fully saturated rings. The Bertz CT molecular complexity index is 1240. The van der Waals surface area contributed by atoms with Crippen molar-refractivity contribution in [3.8, 4) is 17.4 Å². The van der Waals surface area contributed by atoms with Crippen molar-refractivity contribution in [3.63, 3.8) is 0 Å². The lowest BCUT2D eigenvalue weighted by atomic mass is 10.2. The van der Waals surface area contributed by atoms with Gasteiger partial charge in [-0.1, -0.05) is 11.6 Å². The molecule has 1 N–H and O–H groups in total. The van der Waals surface area contributed by atoms with E-state index in [9.17, 15) is 14.9 Å². The third-order valence-corrected chi connectivity index (χ3v) is 4.55. The van der Waals surface area contributed by atoms with Crippen LogP contribution in [0.1, 0.15) is 10.4 Å². The minimum Gasteiger partial charge on any atom is -0.439 e. The van der Waals surface area contributed by atoms with Crippen molar-refractivity contribution < 1.29 is 14.5 Å². The normalized spacial score (nSPS) is 10.5. The number of amides is 1. The average molecular weight is 436 g/mol. The number of nitrogens with one attached hydrogen (secondary N) is 1. The standard InChI is InChI=1S/C21H14ClN5O4/c22-18-11-15(27(29)30)5-8-17(18)21(28)25-14-3-6-16(7-4-14)31-20-12-19(23-13-24-20)26-9-1-2-10-26/h1-13H,(H,25,28). The highest BCUT2D eigenvalue weighted by Crippen LogP contribution is 2.25. The molecule has 4 aromatic rings. The first-order chi connectivity index (χ1) is 15.0. The predicted molar refractivity (Wildman–Crippen MR) is 114 cm³/mol. The van der Waals surface area contributed by atoms with Crippen molar-refractivity contribution in [2.45, 2.75) is 0 Å². The zero-order chi connectivity index (χ0) is 21.8. The van der Waals surface area contributed by atoms with Crippen molar-refractivity contribution in [1.82, 2.24) is 14.5 Å². The lowest BCUT2D eigenvalue weighted by molar-refractivity contribution is -0.384. The van der Waals surface area contributed by atoms with E-state index in [0.717, 1.165) is 6.07 Å². The predicted octanol–water partition coefficient (Wildman–Crippen LogP) is 4.87. The summed E-state index contributed by atoms with van der Waals surface area (Å²) in [5.41, 5.74) is 0.446. The molecular weight excluding hydrogens is 422 g/mol. The van der Waals surface area contributed by atoms with Crippen LogP contribution in [0.2, 0.25) is 5.02 Å². The van der Waals surface area contributed by atoms with E-state index in [0.29, 0.717) is 23.1 Å². The number of halogens is 1. The molecule has 31 heavy (non-hydrogen) atoms. The van der Waals surface area contributed by atoms with Crippen molar-refractivity contribution in [1.29, 1.82) is 0 Å².